The lowest BCUT2D eigenvalue weighted by molar-refractivity contribution is -0.126. The van der Waals surface area contributed by atoms with E-state index in [-0.39, 0.29) is 48.2 Å². The highest BCUT2D eigenvalue weighted by atomic mass is 16.3. The van der Waals surface area contributed by atoms with Crippen molar-refractivity contribution in [3.05, 3.63) is 59.7 Å². The van der Waals surface area contributed by atoms with Gasteiger partial charge in [0, 0.05) is 55.3 Å². The van der Waals surface area contributed by atoms with Crippen LogP contribution in [0.3, 0.4) is 0 Å². The molecule has 3 fully saturated rings. The molecule has 9 heteroatoms. The van der Waals surface area contributed by atoms with Gasteiger partial charge in [-0.3, -0.25) is 19.2 Å². The van der Waals surface area contributed by atoms with Gasteiger partial charge in [-0.1, -0.05) is 49.2 Å². The smallest absolute Gasteiger partial charge is 0.251 e. The molecular formula is C33H44N4O5. The third-order valence-corrected chi connectivity index (χ3v) is 8.46. The summed E-state index contributed by atoms with van der Waals surface area (Å²) in [6.07, 6.45) is 5.29. The zero-order valence-corrected chi connectivity index (χ0v) is 24.9. The van der Waals surface area contributed by atoms with E-state index in [1.807, 2.05) is 18.2 Å². The van der Waals surface area contributed by atoms with Gasteiger partial charge in [-0.15, -0.1) is 0 Å². The predicted octanol–water partition coefficient (Wildman–Crippen LogP) is 4.19. The molecule has 4 amide bonds. The van der Waals surface area contributed by atoms with Crippen LogP contribution in [-0.2, 0) is 14.4 Å². The molecule has 2 saturated carbocycles. The summed E-state index contributed by atoms with van der Waals surface area (Å²) in [5, 5.41) is 19.0. The highest BCUT2D eigenvalue weighted by Gasteiger charge is 2.40. The summed E-state index contributed by atoms with van der Waals surface area (Å²) in [4.78, 5) is 50.8. The summed E-state index contributed by atoms with van der Waals surface area (Å²) >= 11 is 0. The molecule has 1 saturated heterocycles. The first kappa shape index (κ1) is 31.2. The molecule has 2 aliphatic carbocycles. The number of benzene rings is 2. The Balaban J connectivity index is 0.000000507. The van der Waals surface area contributed by atoms with E-state index in [0.29, 0.717) is 30.3 Å². The number of carbonyl (C=O) groups is 4. The molecule has 226 valence electrons. The molecule has 5 rings (SSSR count). The number of aliphatic hydroxyl groups excluding tert-OH is 1. The summed E-state index contributed by atoms with van der Waals surface area (Å²) in [6, 6.07) is 15.3. The zero-order valence-electron chi connectivity index (χ0n) is 24.9. The fourth-order valence-electron chi connectivity index (χ4n) is 6.29. The van der Waals surface area contributed by atoms with Crippen LogP contribution in [0.1, 0.15) is 74.7 Å². The molecule has 3 aliphatic rings. The monoisotopic (exact) mass is 576 g/mol. The quantitative estimate of drug-likeness (QED) is 0.356. The van der Waals surface area contributed by atoms with E-state index in [0.717, 1.165) is 18.8 Å². The maximum Gasteiger partial charge on any atom is 0.251 e. The van der Waals surface area contributed by atoms with Gasteiger partial charge < -0.3 is 26.0 Å². The Labute approximate surface area is 248 Å². The van der Waals surface area contributed by atoms with Gasteiger partial charge in [0.15, 0.2) is 0 Å². The Morgan fingerprint density at radius 1 is 1.07 bits per heavy atom. The number of rotatable bonds is 9. The fourth-order valence-corrected chi connectivity index (χ4v) is 6.29. The van der Waals surface area contributed by atoms with Crippen LogP contribution >= 0.6 is 0 Å². The molecule has 4 N–H and O–H groups in total. The Morgan fingerprint density at radius 3 is 2.40 bits per heavy atom. The maximum atomic E-state index is 12.8. The van der Waals surface area contributed by atoms with Crippen LogP contribution < -0.4 is 20.9 Å². The van der Waals surface area contributed by atoms with Gasteiger partial charge in [-0.05, 0) is 69.1 Å². The molecule has 0 spiro atoms. The van der Waals surface area contributed by atoms with Gasteiger partial charge >= 0.3 is 0 Å². The van der Waals surface area contributed by atoms with Crippen molar-refractivity contribution in [1.82, 2.24) is 10.6 Å². The number of nitrogens with zero attached hydrogens (tertiary/aromatic N) is 1. The van der Waals surface area contributed by atoms with Crippen LogP contribution in [0.5, 0.6) is 0 Å². The average Bonchev–Trinajstić information content (AvgIpc) is 3.69. The van der Waals surface area contributed by atoms with Crippen molar-refractivity contribution in [1.29, 1.82) is 0 Å². The standard InChI is InChI=1S/C26H36N4O5.C7H8/c1-15(25(34)29-23-10-17-5-6-18(23)9-17)8-22(32)14-27-26(35)19-11-20(28-16(2)31)13-21(12-19)30-7-3-4-24(30)33;1-7-5-3-2-4-6-7/h11-13,15,17-18,22-23,32H,3-10,14H2,1-2H3,(H,27,35)(H,28,31)(H,29,34);2-6H,1H3. The van der Waals surface area contributed by atoms with Crippen LogP contribution in [0, 0.1) is 24.7 Å². The highest BCUT2D eigenvalue weighted by molar-refractivity contribution is 6.01. The number of carbonyl (C=O) groups excluding carboxylic acids is 4. The minimum absolute atomic E-state index is 0.00702. The van der Waals surface area contributed by atoms with Gasteiger partial charge in [0.2, 0.25) is 17.7 Å². The van der Waals surface area contributed by atoms with E-state index in [1.54, 1.807) is 30.0 Å². The Morgan fingerprint density at radius 2 is 1.83 bits per heavy atom. The van der Waals surface area contributed by atoms with E-state index in [1.165, 1.54) is 31.7 Å². The van der Waals surface area contributed by atoms with E-state index >= 15 is 0 Å². The Kier molecular flexibility index (Phi) is 10.7. The normalized spacial score (nSPS) is 22.1. The molecule has 2 aromatic rings. The molecule has 9 nitrogen and oxygen atoms in total. The second-order valence-corrected chi connectivity index (χ2v) is 12.0. The molecule has 42 heavy (non-hydrogen) atoms. The molecule has 5 unspecified atom stereocenters. The van der Waals surface area contributed by atoms with Gasteiger partial charge in [0.1, 0.15) is 0 Å². The fraction of sp³-hybridized carbons (Fsp3) is 0.515. The van der Waals surface area contributed by atoms with Gasteiger partial charge in [0.05, 0.1) is 6.10 Å². The van der Waals surface area contributed by atoms with Crippen molar-refractivity contribution in [3.63, 3.8) is 0 Å². The molecule has 5 atom stereocenters. The highest BCUT2D eigenvalue weighted by Crippen LogP contribution is 2.44. The molecule has 2 aromatic carbocycles. The molecule has 0 aromatic heterocycles. The zero-order chi connectivity index (χ0) is 30.2. The van der Waals surface area contributed by atoms with Crippen molar-refractivity contribution in [2.24, 2.45) is 17.8 Å². The summed E-state index contributed by atoms with van der Waals surface area (Å²) in [6.45, 7) is 5.80. The lowest BCUT2D eigenvalue weighted by atomic mass is 9.94. The van der Waals surface area contributed by atoms with Crippen LogP contribution in [-0.4, -0.2) is 54.0 Å². The van der Waals surface area contributed by atoms with E-state index < -0.39 is 12.0 Å². The second kappa shape index (κ2) is 14.4. The van der Waals surface area contributed by atoms with E-state index in [9.17, 15) is 24.3 Å². The Bertz CT molecular complexity index is 1270. The third kappa shape index (κ3) is 8.64. The van der Waals surface area contributed by atoms with Crippen LogP contribution in [0.4, 0.5) is 11.4 Å². The SMILES string of the molecule is CC(=O)Nc1cc(C(=O)NCC(O)CC(C)C(=O)NC2CC3CCC2C3)cc(N2CCCC2=O)c1.Cc1ccccc1. The van der Waals surface area contributed by atoms with Crippen molar-refractivity contribution >= 4 is 35.0 Å². The minimum atomic E-state index is -0.877. The first-order valence-corrected chi connectivity index (χ1v) is 15.1. The van der Waals surface area contributed by atoms with Crippen LogP contribution in [0.15, 0.2) is 48.5 Å². The first-order chi connectivity index (χ1) is 20.1. The third-order valence-electron chi connectivity index (χ3n) is 8.46. The topological polar surface area (TPSA) is 128 Å². The van der Waals surface area contributed by atoms with Crippen molar-refractivity contribution < 1.29 is 24.3 Å². The molecule has 2 bridgehead atoms. The number of nitrogens with one attached hydrogen (secondary N) is 3. The predicted molar refractivity (Wildman–Crippen MR) is 163 cm³/mol. The molecule has 1 heterocycles. The lowest BCUT2D eigenvalue weighted by Gasteiger charge is -2.25. The van der Waals surface area contributed by atoms with Gasteiger partial charge in [0.25, 0.3) is 5.91 Å². The molecule has 1 aliphatic heterocycles. The second-order valence-electron chi connectivity index (χ2n) is 12.0. The first-order valence-electron chi connectivity index (χ1n) is 15.1. The van der Waals surface area contributed by atoms with E-state index in [4.69, 9.17) is 0 Å². The number of anilines is 2. The number of hydrogen-bond acceptors (Lipinski definition) is 5. The number of hydrogen-bond donors (Lipinski definition) is 4. The minimum Gasteiger partial charge on any atom is -0.391 e. The molecule has 0 radical (unpaired) electrons. The lowest BCUT2D eigenvalue weighted by Crippen LogP contribution is -2.42. The number of fused-ring (bicyclic) bond motifs is 2. The van der Waals surface area contributed by atoms with Crippen molar-refractivity contribution in [2.75, 3.05) is 23.3 Å². The average molecular weight is 577 g/mol. The summed E-state index contributed by atoms with van der Waals surface area (Å²) in [5.41, 5.74) is 2.57. The number of amides is 4. The largest absolute Gasteiger partial charge is 0.391 e. The van der Waals surface area contributed by atoms with Crippen LogP contribution in [0.25, 0.3) is 0 Å². The number of aryl methyl sites for hydroxylation is 1. The maximum absolute atomic E-state index is 12.8. The van der Waals surface area contributed by atoms with Gasteiger partial charge in [-0.25, -0.2) is 0 Å². The van der Waals surface area contributed by atoms with Crippen LogP contribution in [0.2, 0.25) is 0 Å². The Hall–Kier alpha value is -3.72. The van der Waals surface area contributed by atoms with Gasteiger partial charge in [-0.2, -0.15) is 0 Å². The summed E-state index contributed by atoms with van der Waals surface area (Å²) in [7, 11) is 0. The number of aliphatic hydroxyl groups is 1. The van der Waals surface area contributed by atoms with Crippen molar-refractivity contribution in [3.8, 4) is 0 Å². The summed E-state index contributed by atoms with van der Waals surface area (Å²) in [5.74, 6) is 0.193. The molecular weight excluding hydrogens is 532 g/mol. The van der Waals surface area contributed by atoms with Crippen molar-refractivity contribution in [2.45, 2.75) is 77.9 Å². The summed E-state index contributed by atoms with van der Waals surface area (Å²) < 4.78 is 0. The van der Waals surface area contributed by atoms with E-state index in [2.05, 4.69) is 35.0 Å².